The van der Waals surface area contributed by atoms with Crippen LogP contribution >= 0.6 is 11.6 Å². The first-order chi connectivity index (χ1) is 22.8. The molecule has 258 valence electrons. The number of fused-ring (bicyclic) bond motifs is 1. The lowest BCUT2D eigenvalue weighted by Crippen LogP contribution is -2.45. The van der Waals surface area contributed by atoms with Crippen LogP contribution in [-0.4, -0.2) is 101 Å². The van der Waals surface area contributed by atoms with Crippen molar-refractivity contribution in [3.8, 4) is 0 Å². The molecule has 0 aliphatic carbocycles. The van der Waals surface area contributed by atoms with Gasteiger partial charge in [-0.3, -0.25) is 4.57 Å². The molecule has 18 heteroatoms. The number of imidazole rings is 1. The molecule has 4 N–H and O–H groups in total. The summed E-state index contributed by atoms with van der Waals surface area (Å²) in [6.45, 7) is 6.94. The van der Waals surface area contributed by atoms with E-state index in [2.05, 4.69) is 30.4 Å². The molecule has 0 bridgehead atoms. The molecular formula is C30H38ClN9O8. The van der Waals surface area contributed by atoms with Crippen LogP contribution in [0.15, 0.2) is 30.6 Å². The van der Waals surface area contributed by atoms with Crippen LogP contribution in [0.4, 0.5) is 5.82 Å². The second-order valence-electron chi connectivity index (χ2n) is 12.2. The molecular weight excluding hydrogens is 650 g/mol. The average Bonchev–Trinajstić information content (AvgIpc) is 3.78. The monoisotopic (exact) mass is 687 g/mol. The van der Waals surface area contributed by atoms with Gasteiger partial charge in [-0.1, -0.05) is 12.1 Å². The number of nitrogen functional groups attached to an aromatic ring is 1. The first-order valence-electron chi connectivity index (χ1n) is 15.3. The Balaban J connectivity index is 1.42. The topological polar surface area (TPSA) is 225 Å². The molecule has 3 aromatic heterocycles. The van der Waals surface area contributed by atoms with E-state index >= 15 is 0 Å². The van der Waals surface area contributed by atoms with Gasteiger partial charge >= 0.3 is 11.9 Å². The lowest BCUT2D eigenvalue weighted by atomic mass is 9.93. The van der Waals surface area contributed by atoms with Crippen molar-refractivity contribution in [2.75, 3.05) is 26.1 Å². The zero-order valence-electron chi connectivity index (χ0n) is 27.1. The third kappa shape index (κ3) is 6.95. The molecule has 1 aliphatic heterocycles. The van der Waals surface area contributed by atoms with E-state index in [4.69, 9.17) is 36.3 Å². The summed E-state index contributed by atoms with van der Waals surface area (Å²) in [5.41, 5.74) is 5.21. The van der Waals surface area contributed by atoms with Crippen LogP contribution < -0.4 is 5.73 Å². The molecule has 1 saturated heterocycles. The van der Waals surface area contributed by atoms with Gasteiger partial charge in [0, 0.05) is 0 Å². The number of nitrogens with two attached hydrogens (primary N) is 1. The van der Waals surface area contributed by atoms with Gasteiger partial charge in [0.15, 0.2) is 17.7 Å². The smallest absolute Gasteiger partial charge is 0.346 e. The van der Waals surface area contributed by atoms with Gasteiger partial charge in [0.2, 0.25) is 16.7 Å². The molecule has 0 amide bonds. The Morgan fingerprint density at radius 2 is 1.85 bits per heavy atom. The molecule has 1 unspecified atom stereocenters. The predicted octanol–water partition coefficient (Wildman–Crippen LogP) is 1.71. The second kappa shape index (κ2) is 14.1. The van der Waals surface area contributed by atoms with Crippen molar-refractivity contribution in [1.29, 1.82) is 0 Å². The molecule has 5 atom stereocenters. The van der Waals surface area contributed by atoms with Crippen molar-refractivity contribution in [3.05, 3.63) is 52.8 Å². The van der Waals surface area contributed by atoms with Crippen LogP contribution in [0.25, 0.3) is 11.2 Å². The Hall–Kier alpha value is -4.29. The van der Waals surface area contributed by atoms with Gasteiger partial charge in [0.25, 0.3) is 0 Å². The van der Waals surface area contributed by atoms with E-state index in [1.165, 1.54) is 22.8 Å². The Morgan fingerprint density at radius 3 is 2.50 bits per heavy atom. The third-order valence-electron chi connectivity index (χ3n) is 7.88. The van der Waals surface area contributed by atoms with Crippen molar-refractivity contribution in [3.63, 3.8) is 0 Å². The number of aryl methyl sites for hydroxylation is 1. The van der Waals surface area contributed by atoms with Crippen molar-refractivity contribution in [2.45, 2.75) is 82.6 Å². The summed E-state index contributed by atoms with van der Waals surface area (Å²) in [5.74, 6) is -1.21. The normalized spacial score (nSPS) is 20.9. The highest BCUT2D eigenvalue weighted by molar-refractivity contribution is 6.28. The molecule has 4 aromatic rings. The van der Waals surface area contributed by atoms with E-state index in [-0.39, 0.29) is 47.7 Å². The summed E-state index contributed by atoms with van der Waals surface area (Å²) in [6.07, 6.45) is -2.92. The van der Waals surface area contributed by atoms with E-state index in [1.807, 2.05) is 20.8 Å². The zero-order valence-corrected chi connectivity index (χ0v) is 27.9. The molecule has 0 spiro atoms. The number of aliphatic hydroxyl groups excluding tert-OH is 2. The van der Waals surface area contributed by atoms with Gasteiger partial charge in [-0.15, -0.1) is 10.2 Å². The highest BCUT2D eigenvalue weighted by Crippen LogP contribution is 2.36. The number of rotatable bonds is 12. The Bertz CT molecular complexity index is 1760. The van der Waals surface area contributed by atoms with Crippen molar-refractivity contribution in [2.24, 2.45) is 0 Å². The van der Waals surface area contributed by atoms with Gasteiger partial charge in [0.1, 0.15) is 23.8 Å². The van der Waals surface area contributed by atoms with Gasteiger partial charge in [0.05, 0.1) is 37.8 Å². The SMILES string of the molecule is CCOC(=O)C(CCCc1ccc(C(=O)OC)cc1)(OC[C@H]1O[C@@H](n2cnc3c(N)nc(Cl)nc32)[C@H](O)[C@@H]1O)c1nnn(C(C)(C)C)n1. The van der Waals surface area contributed by atoms with Crippen LogP contribution in [-0.2, 0) is 41.3 Å². The van der Waals surface area contributed by atoms with Crippen LogP contribution in [0.2, 0.25) is 5.28 Å². The maximum Gasteiger partial charge on any atom is 0.346 e. The number of ether oxygens (including phenoxy) is 4. The van der Waals surface area contributed by atoms with Crippen molar-refractivity contribution >= 4 is 40.5 Å². The first-order valence-corrected chi connectivity index (χ1v) is 15.6. The van der Waals surface area contributed by atoms with Gasteiger partial charge in [-0.25, -0.2) is 14.6 Å². The van der Waals surface area contributed by atoms with Crippen LogP contribution in [0.5, 0.6) is 0 Å². The fourth-order valence-electron chi connectivity index (χ4n) is 5.29. The molecule has 4 heterocycles. The molecule has 5 rings (SSSR count). The van der Waals surface area contributed by atoms with E-state index in [9.17, 15) is 19.8 Å². The molecule has 17 nitrogen and oxygen atoms in total. The minimum atomic E-state index is -1.87. The number of carbonyl (C=O) groups is 2. The predicted molar refractivity (Wildman–Crippen MR) is 168 cm³/mol. The molecule has 1 aliphatic rings. The van der Waals surface area contributed by atoms with Crippen LogP contribution in [0.3, 0.4) is 0 Å². The number of halogens is 1. The number of nitrogens with zero attached hydrogens (tertiary/aromatic N) is 8. The summed E-state index contributed by atoms with van der Waals surface area (Å²) in [7, 11) is 1.31. The van der Waals surface area contributed by atoms with E-state index < -0.39 is 47.6 Å². The number of aliphatic hydroxyl groups is 2. The number of hydrogen-bond acceptors (Lipinski definition) is 15. The van der Waals surface area contributed by atoms with E-state index in [0.29, 0.717) is 18.4 Å². The first kappa shape index (κ1) is 35.0. The number of benzene rings is 1. The Labute approximate surface area is 280 Å². The Kier molecular flexibility index (Phi) is 10.3. The number of carbonyl (C=O) groups excluding carboxylic acids is 2. The summed E-state index contributed by atoms with van der Waals surface area (Å²) < 4.78 is 24.1. The van der Waals surface area contributed by atoms with E-state index in [0.717, 1.165) is 5.56 Å². The van der Waals surface area contributed by atoms with Gasteiger partial charge in [-0.05, 0) is 81.5 Å². The summed E-state index contributed by atoms with van der Waals surface area (Å²) >= 11 is 6.01. The van der Waals surface area contributed by atoms with Gasteiger partial charge in [-0.2, -0.15) is 14.8 Å². The number of tetrazole rings is 1. The molecule has 48 heavy (non-hydrogen) atoms. The maximum atomic E-state index is 13.8. The molecule has 0 radical (unpaired) electrons. The largest absolute Gasteiger partial charge is 0.465 e. The quantitative estimate of drug-likeness (QED) is 0.142. The zero-order chi connectivity index (χ0) is 34.8. The maximum absolute atomic E-state index is 13.8. The fraction of sp³-hybridized carbons (Fsp3) is 0.533. The van der Waals surface area contributed by atoms with Gasteiger partial charge < -0.3 is 34.9 Å². The fourth-order valence-corrected chi connectivity index (χ4v) is 5.46. The summed E-state index contributed by atoms with van der Waals surface area (Å²) in [5, 5.41) is 34.9. The second-order valence-corrected chi connectivity index (χ2v) is 12.6. The molecule has 0 saturated carbocycles. The lowest BCUT2D eigenvalue weighted by Gasteiger charge is -2.30. The number of anilines is 1. The minimum Gasteiger partial charge on any atom is -0.465 e. The number of hydrogen-bond donors (Lipinski definition) is 3. The molecule has 1 fully saturated rings. The Morgan fingerprint density at radius 1 is 1.12 bits per heavy atom. The van der Waals surface area contributed by atoms with Crippen molar-refractivity contribution in [1.82, 2.24) is 39.7 Å². The van der Waals surface area contributed by atoms with Crippen LogP contribution in [0.1, 0.15) is 68.5 Å². The number of methoxy groups -OCH3 is 1. The van der Waals surface area contributed by atoms with E-state index in [1.54, 1.807) is 31.2 Å². The van der Waals surface area contributed by atoms with Crippen LogP contribution in [0, 0.1) is 0 Å². The number of aromatic nitrogens is 8. The minimum absolute atomic E-state index is 0.0334. The number of esters is 2. The highest BCUT2D eigenvalue weighted by Gasteiger charge is 2.51. The average molecular weight is 688 g/mol. The highest BCUT2D eigenvalue weighted by atomic mass is 35.5. The standard InChI is InChI=1S/C30H38ClN9O8/c1-6-46-27(44)30(26-36-38-40(37-26)29(2,3)4,13-7-8-16-9-11-17(12-10-16)25(43)45-5)47-14-18-20(41)21(42)24(48-18)39-15-33-19-22(32)34-28(31)35-23(19)39/h9-12,15,18,20-21,24,41-42H,6-8,13-14H2,1-5H3,(H2,32,34,35)/t18-,20-,21-,24-,30?/m1/s1. The molecule has 1 aromatic carbocycles. The van der Waals surface area contributed by atoms with Crippen molar-refractivity contribution < 1.29 is 38.7 Å². The lowest BCUT2D eigenvalue weighted by molar-refractivity contribution is -0.185. The summed E-state index contributed by atoms with van der Waals surface area (Å²) in [4.78, 5) is 39.3. The summed E-state index contributed by atoms with van der Waals surface area (Å²) in [6, 6.07) is 6.91. The third-order valence-corrected chi connectivity index (χ3v) is 8.04.